The molecule has 152 valence electrons. The van der Waals surface area contributed by atoms with Crippen LogP contribution in [0, 0.1) is 0 Å². The molecule has 1 aliphatic carbocycles. The fourth-order valence-corrected chi connectivity index (χ4v) is 4.97. The van der Waals surface area contributed by atoms with E-state index in [0.717, 1.165) is 68.2 Å². The lowest BCUT2D eigenvalue weighted by Crippen LogP contribution is -2.49. The molecular formula is C22H27N5O2. The van der Waals surface area contributed by atoms with E-state index in [2.05, 4.69) is 38.7 Å². The molecule has 0 saturated carbocycles. The molecule has 29 heavy (non-hydrogen) atoms. The van der Waals surface area contributed by atoms with Gasteiger partial charge in [-0.05, 0) is 37.3 Å². The summed E-state index contributed by atoms with van der Waals surface area (Å²) in [4.78, 5) is 25.1. The van der Waals surface area contributed by atoms with Gasteiger partial charge < -0.3 is 20.3 Å². The number of amides is 1. The Balaban J connectivity index is 1.61. The Bertz CT molecular complexity index is 941. The van der Waals surface area contributed by atoms with Gasteiger partial charge in [-0.15, -0.1) is 0 Å². The van der Waals surface area contributed by atoms with Crippen LogP contribution >= 0.6 is 0 Å². The van der Waals surface area contributed by atoms with E-state index in [9.17, 15) is 4.79 Å². The van der Waals surface area contributed by atoms with Crippen LogP contribution in [0.2, 0.25) is 0 Å². The summed E-state index contributed by atoms with van der Waals surface area (Å²) in [5, 5.41) is 6.58. The molecule has 7 heteroatoms. The molecule has 2 N–H and O–H groups in total. The Morgan fingerprint density at radius 1 is 1.21 bits per heavy atom. The molecule has 1 unspecified atom stereocenters. The molecule has 1 aromatic carbocycles. The average molecular weight is 393 g/mol. The van der Waals surface area contributed by atoms with E-state index in [4.69, 9.17) is 9.72 Å². The van der Waals surface area contributed by atoms with Crippen molar-refractivity contribution in [3.63, 3.8) is 0 Å². The summed E-state index contributed by atoms with van der Waals surface area (Å²) in [6.07, 6.45) is 3.46. The van der Waals surface area contributed by atoms with E-state index in [1.165, 1.54) is 5.56 Å². The highest BCUT2D eigenvalue weighted by Crippen LogP contribution is 2.46. The summed E-state index contributed by atoms with van der Waals surface area (Å²) in [6.45, 7) is 5.94. The fourth-order valence-electron chi connectivity index (χ4n) is 4.97. The van der Waals surface area contributed by atoms with E-state index < -0.39 is 5.41 Å². The first-order valence-corrected chi connectivity index (χ1v) is 10.6. The predicted molar refractivity (Wildman–Crippen MR) is 112 cm³/mol. The Labute approximate surface area is 170 Å². The van der Waals surface area contributed by atoms with Crippen molar-refractivity contribution in [2.75, 3.05) is 43.0 Å². The van der Waals surface area contributed by atoms with Crippen LogP contribution in [0.1, 0.15) is 36.6 Å². The van der Waals surface area contributed by atoms with Gasteiger partial charge in [-0.1, -0.05) is 24.3 Å². The molecule has 7 nitrogen and oxygen atoms in total. The maximum Gasteiger partial charge on any atom is 0.318 e. The molecule has 2 aromatic rings. The van der Waals surface area contributed by atoms with Crippen molar-refractivity contribution in [3.05, 3.63) is 41.1 Å². The number of rotatable bonds is 3. The van der Waals surface area contributed by atoms with Gasteiger partial charge >= 0.3 is 6.01 Å². The molecule has 1 spiro atoms. The van der Waals surface area contributed by atoms with Crippen molar-refractivity contribution in [2.45, 2.75) is 38.0 Å². The number of hydrogen-bond donors (Lipinski definition) is 2. The van der Waals surface area contributed by atoms with E-state index in [1.807, 2.05) is 13.0 Å². The van der Waals surface area contributed by atoms with Gasteiger partial charge in [-0.3, -0.25) is 4.79 Å². The number of nitrogens with one attached hydrogen (secondary N) is 2. The van der Waals surface area contributed by atoms with Crippen LogP contribution in [0.4, 0.5) is 11.5 Å². The lowest BCUT2D eigenvalue weighted by Gasteiger charge is -2.42. The molecule has 3 aliphatic rings. The molecule has 0 bridgehead atoms. The minimum absolute atomic E-state index is 0.0706. The molecule has 0 radical (unpaired) electrons. The molecule has 1 aromatic heterocycles. The number of piperazine rings is 1. The van der Waals surface area contributed by atoms with E-state index in [0.29, 0.717) is 19.0 Å². The number of aromatic nitrogens is 2. The number of fused-ring (bicyclic) bond motifs is 3. The van der Waals surface area contributed by atoms with Crippen molar-refractivity contribution in [3.8, 4) is 6.01 Å². The molecule has 5 rings (SSSR count). The zero-order valence-corrected chi connectivity index (χ0v) is 16.8. The number of carbonyl (C=O) groups is 1. The minimum Gasteiger partial charge on any atom is -0.464 e. The summed E-state index contributed by atoms with van der Waals surface area (Å²) in [5.74, 6) is 0.855. The minimum atomic E-state index is -0.555. The first-order valence-electron chi connectivity index (χ1n) is 10.6. The SMILES string of the molecule is CCOc1nc2c(c(N3CCNCC3)n1)NC(=O)C1(CCCc3ccccc31)C2. The van der Waals surface area contributed by atoms with Gasteiger partial charge in [0, 0.05) is 32.6 Å². The van der Waals surface area contributed by atoms with Crippen LogP contribution < -0.4 is 20.3 Å². The Hall–Kier alpha value is -2.67. The van der Waals surface area contributed by atoms with Gasteiger partial charge in [0.2, 0.25) is 5.91 Å². The Kier molecular flexibility index (Phi) is 4.62. The number of anilines is 2. The summed E-state index contributed by atoms with van der Waals surface area (Å²) < 4.78 is 5.70. The van der Waals surface area contributed by atoms with Crippen LogP contribution in [-0.4, -0.2) is 48.7 Å². The van der Waals surface area contributed by atoms with Crippen LogP contribution in [0.25, 0.3) is 0 Å². The predicted octanol–water partition coefficient (Wildman–Crippen LogP) is 2.05. The maximum absolute atomic E-state index is 13.5. The van der Waals surface area contributed by atoms with Gasteiger partial charge in [0.25, 0.3) is 0 Å². The maximum atomic E-state index is 13.5. The van der Waals surface area contributed by atoms with Crippen molar-refractivity contribution in [2.24, 2.45) is 0 Å². The molecule has 3 heterocycles. The van der Waals surface area contributed by atoms with Crippen molar-refractivity contribution >= 4 is 17.4 Å². The third-order valence-electron chi connectivity index (χ3n) is 6.36. The zero-order valence-electron chi connectivity index (χ0n) is 16.8. The fraction of sp³-hybridized carbons (Fsp3) is 0.500. The molecule has 2 aliphatic heterocycles. The van der Waals surface area contributed by atoms with Crippen LogP contribution in [-0.2, 0) is 23.1 Å². The third-order valence-corrected chi connectivity index (χ3v) is 6.36. The van der Waals surface area contributed by atoms with Crippen molar-refractivity contribution < 1.29 is 9.53 Å². The standard InChI is InChI=1S/C22H27N5O2/c1-2-29-21-24-17-14-22(9-5-7-15-6-3-4-8-16(15)22)20(28)25-18(17)19(26-21)27-12-10-23-11-13-27/h3-4,6,8,23H,2,5,7,9-14H2,1H3,(H,25,28). The highest BCUT2D eigenvalue weighted by atomic mass is 16.5. The second kappa shape index (κ2) is 7.30. The first kappa shape index (κ1) is 18.4. The molecule has 1 saturated heterocycles. The summed E-state index contributed by atoms with van der Waals surface area (Å²) >= 11 is 0. The van der Waals surface area contributed by atoms with Crippen molar-refractivity contribution in [1.29, 1.82) is 0 Å². The topological polar surface area (TPSA) is 79.4 Å². The van der Waals surface area contributed by atoms with Crippen LogP contribution in [0.3, 0.4) is 0 Å². The lowest BCUT2D eigenvalue weighted by molar-refractivity contribution is -0.122. The highest BCUT2D eigenvalue weighted by molar-refractivity contribution is 6.04. The summed E-state index contributed by atoms with van der Waals surface area (Å²) in [7, 11) is 0. The average Bonchev–Trinajstić information content (AvgIpc) is 2.76. The summed E-state index contributed by atoms with van der Waals surface area (Å²) in [6, 6.07) is 8.75. The van der Waals surface area contributed by atoms with E-state index in [-0.39, 0.29) is 5.91 Å². The van der Waals surface area contributed by atoms with Crippen LogP contribution in [0.5, 0.6) is 6.01 Å². The highest BCUT2D eigenvalue weighted by Gasteiger charge is 2.48. The molecule has 1 fully saturated rings. The smallest absolute Gasteiger partial charge is 0.318 e. The number of carbonyl (C=O) groups excluding carboxylic acids is 1. The zero-order chi connectivity index (χ0) is 19.8. The van der Waals surface area contributed by atoms with E-state index >= 15 is 0 Å². The monoisotopic (exact) mass is 393 g/mol. The molecule has 1 atom stereocenters. The number of aryl methyl sites for hydroxylation is 1. The number of ether oxygens (including phenoxy) is 1. The Morgan fingerprint density at radius 2 is 2.03 bits per heavy atom. The number of nitrogens with zero attached hydrogens (tertiary/aromatic N) is 3. The number of hydrogen-bond acceptors (Lipinski definition) is 6. The quantitative estimate of drug-likeness (QED) is 0.831. The normalized spacial score (nSPS) is 23.3. The van der Waals surface area contributed by atoms with Gasteiger partial charge in [0.05, 0.1) is 17.7 Å². The second-order valence-corrected chi connectivity index (χ2v) is 8.05. The van der Waals surface area contributed by atoms with E-state index in [1.54, 1.807) is 0 Å². The largest absolute Gasteiger partial charge is 0.464 e. The Morgan fingerprint density at radius 3 is 2.86 bits per heavy atom. The lowest BCUT2D eigenvalue weighted by atomic mass is 9.65. The van der Waals surface area contributed by atoms with Crippen LogP contribution in [0.15, 0.2) is 24.3 Å². The second-order valence-electron chi connectivity index (χ2n) is 8.05. The first-order chi connectivity index (χ1) is 14.2. The van der Waals surface area contributed by atoms with Gasteiger partial charge in [-0.2, -0.15) is 9.97 Å². The van der Waals surface area contributed by atoms with Gasteiger partial charge in [-0.25, -0.2) is 0 Å². The molecular weight excluding hydrogens is 366 g/mol. The van der Waals surface area contributed by atoms with Gasteiger partial charge in [0.15, 0.2) is 5.82 Å². The van der Waals surface area contributed by atoms with Gasteiger partial charge in [0.1, 0.15) is 5.69 Å². The summed E-state index contributed by atoms with van der Waals surface area (Å²) in [5.41, 5.74) is 3.51. The third kappa shape index (κ3) is 3.04. The molecule has 1 amide bonds. The number of benzene rings is 1. The van der Waals surface area contributed by atoms with Crippen molar-refractivity contribution in [1.82, 2.24) is 15.3 Å².